The molecule has 2 aromatic heterocycles. The molecule has 0 radical (unpaired) electrons. The van der Waals surface area contributed by atoms with Crippen molar-refractivity contribution in [3.05, 3.63) is 58.9 Å². The highest BCUT2D eigenvalue weighted by atomic mass is 32.1. The van der Waals surface area contributed by atoms with Gasteiger partial charge < -0.3 is 14.8 Å². The summed E-state index contributed by atoms with van der Waals surface area (Å²) in [6.07, 6.45) is 6.11. The number of nitrogens with zero attached hydrogens (tertiary/aromatic N) is 2. The van der Waals surface area contributed by atoms with E-state index in [1.807, 2.05) is 27.0 Å². The lowest BCUT2D eigenvalue weighted by molar-refractivity contribution is -0.127. The average molecular weight is 482 g/mol. The van der Waals surface area contributed by atoms with Crippen LogP contribution in [-0.2, 0) is 11.3 Å². The number of halogens is 1. The first-order valence-corrected chi connectivity index (χ1v) is 13.3. The van der Waals surface area contributed by atoms with Crippen LogP contribution in [0.15, 0.2) is 41.8 Å². The molecule has 3 heterocycles. The smallest absolute Gasteiger partial charge is 0.270 e. The fraction of sp³-hybridized carbons (Fsp3) is 0.481. The molecule has 0 spiro atoms. The van der Waals surface area contributed by atoms with Gasteiger partial charge in [0, 0.05) is 31.6 Å². The molecule has 0 bridgehead atoms. The largest absolute Gasteiger partial charge is 0.353 e. The highest BCUT2D eigenvalue weighted by Crippen LogP contribution is 2.29. The monoisotopic (exact) mass is 481 g/mol. The topological polar surface area (TPSA) is 54.3 Å². The molecular formula is C27H32FN3O2S. The van der Waals surface area contributed by atoms with Crippen LogP contribution < -0.4 is 5.32 Å². The fourth-order valence-electron chi connectivity index (χ4n) is 5.44. The van der Waals surface area contributed by atoms with Crippen molar-refractivity contribution in [3.8, 4) is 0 Å². The standard InChI is InChI=1S/C27H32FN3O2S/c1-18-4-2-3-5-22(18)29-26(32)20-10-13-30(14-11-20)27(33)24-16-25-23(12-15-34-25)31(24)17-19-6-8-21(28)9-7-19/h6-9,12,15-16,18,20,22H,2-5,10-11,13-14,17H2,1H3,(H,29,32)/t18-,22-/m1/s1. The average Bonchev–Trinajstić information content (AvgIpc) is 3.44. The fourth-order valence-corrected chi connectivity index (χ4v) is 6.26. The van der Waals surface area contributed by atoms with Gasteiger partial charge in [0.2, 0.25) is 5.91 Å². The van der Waals surface area contributed by atoms with Crippen LogP contribution in [0.1, 0.15) is 61.5 Å². The number of fused-ring (bicyclic) bond motifs is 1. The van der Waals surface area contributed by atoms with Crippen molar-refractivity contribution in [2.75, 3.05) is 13.1 Å². The number of nitrogens with one attached hydrogen (secondary N) is 1. The molecular weight excluding hydrogens is 449 g/mol. The lowest BCUT2D eigenvalue weighted by atomic mass is 9.85. The summed E-state index contributed by atoms with van der Waals surface area (Å²) in [7, 11) is 0. The van der Waals surface area contributed by atoms with Gasteiger partial charge in [-0.3, -0.25) is 9.59 Å². The minimum atomic E-state index is -0.266. The molecule has 1 N–H and O–H groups in total. The molecule has 2 aliphatic rings. The number of thiophene rings is 1. The van der Waals surface area contributed by atoms with Crippen LogP contribution in [0.4, 0.5) is 4.39 Å². The van der Waals surface area contributed by atoms with E-state index in [1.165, 1.54) is 31.4 Å². The van der Waals surface area contributed by atoms with Crippen LogP contribution in [0.3, 0.4) is 0 Å². The molecule has 34 heavy (non-hydrogen) atoms. The van der Waals surface area contributed by atoms with Gasteiger partial charge in [-0.25, -0.2) is 4.39 Å². The van der Waals surface area contributed by atoms with Gasteiger partial charge in [0.25, 0.3) is 5.91 Å². The number of piperidine rings is 1. The van der Waals surface area contributed by atoms with E-state index >= 15 is 0 Å². The second-order valence-electron chi connectivity index (χ2n) is 9.86. The Kier molecular flexibility index (Phi) is 6.73. The molecule has 2 fully saturated rings. The van der Waals surface area contributed by atoms with E-state index in [-0.39, 0.29) is 23.5 Å². The molecule has 1 aliphatic carbocycles. The predicted octanol–water partition coefficient (Wildman–Crippen LogP) is 5.44. The van der Waals surface area contributed by atoms with Crippen molar-refractivity contribution in [2.24, 2.45) is 11.8 Å². The molecule has 180 valence electrons. The van der Waals surface area contributed by atoms with E-state index in [1.54, 1.807) is 23.5 Å². The van der Waals surface area contributed by atoms with Crippen molar-refractivity contribution in [2.45, 2.75) is 58.0 Å². The third kappa shape index (κ3) is 4.76. The van der Waals surface area contributed by atoms with Crippen molar-refractivity contribution in [3.63, 3.8) is 0 Å². The zero-order chi connectivity index (χ0) is 23.7. The number of hydrogen-bond acceptors (Lipinski definition) is 3. The molecule has 2 atom stereocenters. The molecule has 5 rings (SSSR count). The van der Waals surface area contributed by atoms with Gasteiger partial charge in [0.05, 0.1) is 10.2 Å². The Labute approximate surface area is 203 Å². The summed E-state index contributed by atoms with van der Waals surface area (Å²) in [5, 5.41) is 5.32. The minimum Gasteiger partial charge on any atom is -0.353 e. The SMILES string of the molecule is C[C@@H]1CCCC[C@H]1NC(=O)C1CCN(C(=O)c2cc3sccc3n2Cc2ccc(F)cc2)CC1. The van der Waals surface area contributed by atoms with Crippen LogP contribution in [0.2, 0.25) is 0 Å². The molecule has 7 heteroatoms. The summed E-state index contributed by atoms with van der Waals surface area (Å²) in [5.41, 5.74) is 2.63. The lowest BCUT2D eigenvalue weighted by Gasteiger charge is -2.34. The van der Waals surface area contributed by atoms with E-state index in [0.717, 1.165) is 22.2 Å². The van der Waals surface area contributed by atoms with Crippen molar-refractivity contribution in [1.82, 2.24) is 14.8 Å². The maximum absolute atomic E-state index is 13.5. The van der Waals surface area contributed by atoms with Crippen molar-refractivity contribution >= 4 is 33.4 Å². The van der Waals surface area contributed by atoms with Gasteiger partial charge in [-0.2, -0.15) is 0 Å². The summed E-state index contributed by atoms with van der Waals surface area (Å²) in [4.78, 5) is 28.3. The first kappa shape index (κ1) is 23.1. The molecule has 1 aliphatic heterocycles. The Bertz CT molecular complexity index is 1160. The van der Waals surface area contributed by atoms with Gasteiger partial charge in [-0.1, -0.05) is 31.9 Å². The second-order valence-corrected chi connectivity index (χ2v) is 10.8. The predicted molar refractivity (Wildman–Crippen MR) is 134 cm³/mol. The van der Waals surface area contributed by atoms with Crippen LogP contribution in [-0.4, -0.2) is 40.4 Å². The molecule has 1 saturated heterocycles. The third-order valence-electron chi connectivity index (χ3n) is 7.59. The normalized spacial score (nSPS) is 21.6. The Morgan fingerprint density at radius 1 is 1.06 bits per heavy atom. The number of benzene rings is 1. The van der Waals surface area contributed by atoms with Gasteiger partial charge in [-0.15, -0.1) is 11.3 Å². The molecule has 1 aromatic carbocycles. The lowest BCUT2D eigenvalue weighted by Crippen LogP contribution is -2.47. The van der Waals surface area contributed by atoms with Crippen LogP contribution in [0.5, 0.6) is 0 Å². The Hall–Kier alpha value is -2.67. The number of aromatic nitrogens is 1. The van der Waals surface area contributed by atoms with E-state index in [0.29, 0.717) is 50.1 Å². The highest BCUT2D eigenvalue weighted by molar-refractivity contribution is 7.17. The van der Waals surface area contributed by atoms with Gasteiger partial charge in [0.1, 0.15) is 11.5 Å². The Balaban J connectivity index is 1.26. The molecule has 1 saturated carbocycles. The Morgan fingerprint density at radius 3 is 2.53 bits per heavy atom. The maximum atomic E-state index is 13.5. The molecule has 3 aromatic rings. The molecule has 5 nitrogen and oxygen atoms in total. The van der Waals surface area contributed by atoms with E-state index < -0.39 is 0 Å². The third-order valence-corrected chi connectivity index (χ3v) is 8.44. The van der Waals surface area contributed by atoms with Gasteiger partial charge in [0.15, 0.2) is 0 Å². The number of amides is 2. The first-order chi connectivity index (χ1) is 16.5. The quantitative estimate of drug-likeness (QED) is 0.528. The van der Waals surface area contributed by atoms with E-state index in [9.17, 15) is 14.0 Å². The number of rotatable bonds is 5. The van der Waals surface area contributed by atoms with Crippen molar-refractivity contribution < 1.29 is 14.0 Å². The number of hydrogen-bond donors (Lipinski definition) is 1. The molecule has 0 unspecified atom stereocenters. The number of likely N-dealkylation sites (tertiary alicyclic amines) is 1. The highest BCUT2D eigenvalue weighted by Gasteiger charge is 2.31. The Morgan fingerprint density at radius 2 is 1.79 bits per heavy atom. The summed E-state index contributed by atoms with van der Waals surface area (Å²) in [6, 6.07) is 10.7. The summed E-state index contributed by atoms with van der Waals surface area (Å²) < 4.78 is 16.5. The molecule has 2 amide bonds. The van der Waals surface area contributed by atoms with Crippen LogP contribution in [0.25, 0.3) is 10.2 Å². The van der Waals surface area contributed by atoms with E-state index in [2.05, 4.69) is 12.2 Å². The van der Waals surface area contributed by atoms with E-state index in [4.69, 9.17) is 0 Å². The second kappa shape index (κ2) is 9.90. The van der Waals surface area contributed by atoms with Crippen molar-refractivity contribution in [1.29, 1.82) is 0 Å². The summed E-state index contributed by atoms with van der Waals surface area (Å²) in [6.45, 7) is 3.93. The summed E-state index contributed by atoms with van der Waals surface area (Å²) in [5.74, 6) is 0.421. The number of carbonyl (C=O) groups excluding carboxylic acids is 2. The minimum absolute atomic E-state index is 0.00488. The number of carbonyl (C=O) groups is 2. The van der Waals surface area contributed by atoms with Crippen LogP contribution >= 0.6 is 11.3 Å². The van der Waals surface area contributed by atoms with Crippen LogP contribution in [0, 0.1) is 17.7 Å². The maximum Gasteiger partial charge on any atom is 0.270 e. The zero-order valence-electron chi connectivity index (χ0n) is 19.6. The van der Waals surface area contributed by atoms with Gasteiger partial charge in [-0.05, 0) is 66.8 Å². The first-order valence-electron chi connectivity index (χ1n) is 12.4. The van der Waals surface area contributed by atoms with Gasteiger partial charge >= 0.3 is 0 Å². The zero-order valence-corrected chi connectivity index (χ0v) is 20.5. The summed E-state index contributed by atoms with van der Waals surface area (Å²) >= 11 is 1.62.